The molecule has 0 spiro atoms. The number of aromatic hydroxyl groups is 1. The van der Waals surface area contributed by atoms with E-state index in [4.69, 9.17) is 0 Å². The molecule has 0 aromatic heterocycles. The van der Waals surface area contributed by atoms with Crippen LogP contribution < -0.4 is 10.3 Å². The average molecular weight is 341 g/mol. The molecule has 128 valence electrons. The molecule has 0 aliphatic carbocycles. The second-order valence-electron chi connectivity index (χ2n) is 5.67. The van der Waals surface area contributed by atoms with Gasteiger partial charge in [0.1, 0.15) is 11.6 Å². The van der Waals surface area contributed by atoms with Crippen LogP contribution in [-0.2, 0) is 9.59 Å². The van der Waals surface area contributed by atoms with Crippen molar-refractivity contribution in [2.24, 2.45) is 11.0 Å². The van der Waals surface area contributed by atoms with Gasteiger partial charge >= 0.3 is 0 Å². The number of rotatable bonds is 4. The minimum absolute atomic E-state index is 0.0547. The molecule has 1 unspecified atom stereocenters. The van der Waals surface area contributed by atoms with Crippen molar-refractivity contribution in [1.29, 1.82) is 0 Å². The van der Waals surface area contributed by atoms with Crippen LogP contribution in [0.25, 0.3) is 0 Å². The van der Waals surface area contributed by atoms with Crippen molar-refractivity contribution in [3.05, 3.63) is 59.9 Å². The zero-order valence-corrected chi connectivity index (χ0v) is 13.2. The monoisotopic (exact) mass is 341 g/mol. The van der Waals surface area contributed by atoms with Gasteiger partial charge in [-0.05, 0) is 36.4 Å². The second-order valence-corrected chi connectivity index (χ2v) is 5.67. The van der Waals surface area contributed by atoms with Crippen LogP contribution in [0.4, 0.5) is 10.1 Å². The predicted octanol–water partition coefficient (Wildman–Crippen LogP) is 2.03. The summed E-state index contributed by atoms with van der Waals surface area (Å²) in [7, 11) is 0. The lowest BCUT2D eigenvalue weighted by atomic mass is 10.1. The van der Waals surface area contributed by atoms with Gasteiger partial charge in [-0.2, -0.15) is 5.10 Å². The normalized spacial score (nSPS) is 17.2. The Morgan fingerprint density at radius 3 is 2.68 bits per heavy atom. The van der Waals surface area contributed by atoms with Crippen LogP contribution >= 0.6 is 0 Å². The largest absolute Gasteiger partial charge is 0.507 e. The Kier molecular flexibility index (Phi) is 4.74. The van der Waals surface area contributed by atoms with E-state index in [0.717, 1.165) is 0 Å². The Morgan fingerprint density at radius 1 is 1.24 bits per heavy atom. The van der Waals surface area contributed by atoms with Crippen molar-refractivity contribution in [2.45, 2.75) is 6.42 Å². The number of halogens is 1. The summed E-state index contributed by atoms with van der Waals surface area (Å²) in [5.74, 6) is -1.46. The lowest BCUT2D eigenvalue weighted by Gasteiger charge is -2.16. The average Bonchev–Trinajstić information content (AvgIpc) is 2.99. The first kappa shape index (κ1) is 16.6. The van der Waals surface area contributed by atoms with Gasteiger partial charge in [-0.1, -0.05) is 12.1 Å². The number of hydrogen-bond donors (Lipinski definition) is 2. The van der Waals surface area contributed by atoms with E-state index in [0.29, 0.717) is 11.3 Å². The van der Waals surface area contributed by atoms with E-state index in [1.165, 1.54) is 41.4 Å². The minimum Gasteiger partial charge on any atom is -0.507 e. The van der Waals surface area contributed by atoms with Crippen molar-refractivity contribution in [3.8, 4) is 5.75 Å². The number of nitrogens with zero attached hydrogens (tertiary/aromatic N) is 2. The van der Waals surface area contributed by atoms with Crippen molar-refractivity contribution >= 4 is 23.7 Å². The molecule has 2 aromatic carbocycles. The zero-order valence-electron chi connectivity index (χ0n) is 13.2. The third-order valence-corrected chi connectivity index (χ3v) is 3.95. The van der Waals surface area contributed by atoms with E-state index < -0.39 is 5.92 Å². The molecular formula is C18H16FN3O3. The van der Waals surface area contributed by atoms with Gasteiger partial charge in [0.15, 0.2) is 0 Å². The number of carbonyl (C=O) groups excluding carboxylic acids is 2. The van der Waals surface area contributed by atoms with Gasteiger partial charge in [-0.3, -0.25) is 9.59 Å². The summed E-state index contributed by atoms with van der Waals surface area (Å²) in [6, 6.07) is 12.1. The highest BCUT2D eigenvalue weighted by molar-refractivity contribution is 6.00. The molecule has 0 radical (unpaired) electrons. The lowest BCUT2D eigenvalue weighted by Crippen LogP contribution is -2.30. The van der Waals surface area contributed by atoms with Crippen LogP contribution in [0.5, 0.6) is 5.75 Å². The lowest BCUT2D eigenvalue weighted by molar-refractivity contribution is -0.126. The Morgan fingerprint density at radius 2 is 1.96 bits per heavy atom. The number of benzene rings is 2. The highest BCUT2D eigenvalue weighted by Crippen LogP contribution is 2.25. The third-order valence-electron chi connectivity index (χ3n) is 3.95. The zero-order chi connectivity index (χ0) is 17.8. The number of hydrogen-bond acceptors (Lipinski definition) is 4. The van der Waals surface area contributed by atoms with Crippen molar-refractivity contribution in [3.63, 3.8) is 0 Å². The van der Waals surface area contributed by atoms with Gasteiger partial charge in [0, 0.05) is 24.2 Å². The molecule has 2 aromatic rings. The summed E-state index contributed by atoms with van der Waals surface area (Å²) in [6.45, 7) is 0.211. The standard InChI is InChI=1S/C18H16FN3O3/c19-14-5-7-15(8-6-14)22-11-13(9-17(22)24)18(25)21-20-10-12-3-1-2-4-16(12)23/h1-8,10,13,23H,9,11H2,(H,21,25)/b20-10+. The van der Waals surface area contributed by atoms with E-state index >= 15 is 0 Å². The van der Waals surface area contributed by atoms with Crippen molar-refractivity contribution in [1.82, 2.24) is 5.43 Å². The highest BCUT2D eigenvalue weighted by atomic mass is 19.1. The summed E-state index contributed by atoms with van der Waals surface area (Å²) in [5.41, 5.74) is 3.41. The van der Waals surface area contributed by atoms with Crippen LogP contribution in [0.2, 0.25) is 0 Å². The fourth-order valence-corrected chi connectivity index (χ4v) is 2.61. The molecule has 1 saturated heterocycles. The van der Waals surface area contributed by atoms with Crippen LogP contribution in [0, 0.1) is 11.7 Å². The van der Waals surface area contributed by atoms with E-state index in [1.807, 2.05) is 0 Å². The van der Waals surface area contributed by atoms with Gasteiger partial charge < -0.3 is 10.0 Å². The molecule has 2 amide bonds. The van der Waals surface area contributed by atoms with Crippen LogP contribution in [0.1, 0.15) is 12.0 Å². The summed E-state index contributed by atoms with van der Waals surface area (Å²) in [4.78, 5) is 25.7. The molecule has 1 atom stereocenters. The fraction of sp³-hybridized carbons (Fsp3) is 0.167. The maximum absolute atomic E-state index is 13.0. The number of anilines is 1. The van der Waals surface area contributed by atoms with E-state index in [1.54, 1.807) is 18.2 Å². The maximum atomic E-state index is 13.0. The molecule has 0 bridgehead atoms. The Labute approximate surface area is 143 Å². The number of hydrazone groups is 1. The van der Waals surface area contributed by atoms with Gasteiger partial charge in [0.05, 0.1) is 12.1 Å². The second kappa shape index (κ2) is 7.12. The summed E-state index contributed by atoms with van der Waals surface area (Å²) in [5, 5.41) is 13.4. The highest BCUT2D eigenvalue weighted by Gasteiger charge is 2.35. The summed E-state index contributed by atoms with van der Waals surface area (Å²) >= 11 is 0. The maximum Gasteiger partial charge on any atom is 0.245 e. The molecule has 25 heavy (non-hydrogen) atoms. The van der Waals surface area contributed by atoms with Gasteiger partial charge in [-0.15, -0.1) is 0 Å². The molecule has 1 fully saturated rings. The van der Waals surface area contributed by atoms with Crippen molar-refractivity contribution in [2.75, 3.05) is 11.4 Å². The molecule has 6 nitrogen and oxygen atoms in total. The van der Waals surface area contributed by atoms with Crippen LogP contribution in [0.15, 0.2) is 53.6 Å². The molecular weight excluding hydrogens is 325 g/mol. The van der Waals surface area contributed by atoms with Gasteiger partial charge in [0.2, 0.25) is 11.8 Å². The Bertz CT molecular complexity index is 821. The predicted molar refractivity (Wildman–Crippen MR) is 90.7 cm³/mol. The minimum atomic E-state index is -0.543. The number of phenols is 1. The first-order valence-corrected chi connectivity index (χ1v) is 7.71. The molecule has 7 heteroatoms. The van der Waals surface area contributed by atoms with Gasteiger partial charge in [0.25, 0.3) is 0 Å². The quantitative estimate of drug-likeness (QED) is 0.659. The molecule has 1 aliphatic heterocycles. The topological polar surface area (TPSA) is 82.0 Å². The van der Waals surface area contributed by atoms with E-state index in [9.17, 15) is 19.1 Å². The Hall–Kier alpha value is -3.22. The number of amides is 2. The molecule has 0 saturated carbocycles. The van der Waals surface area contributed by atoms with Crippen LogP contribution in [-0.4, -0.2) is 29.7 Å². The van der Waals surface area contributed by atoms with Gasteiger partial charge in [-0.25, -0.2) is 9.82 Å². The number of para-hydroxylation sites is 1. The molecule has 1 heterocycles. The molecule has 1 aliphatic rings. The summed E-state index contributed by atoms with van der Waals surface area (Å²) in [6.07, 6.45) is 1.40. The van der Waals surface area contributed by atoms with Crippen LogP contribution in [0.3, 0.4) is 0 Å². The first-order chi connectivity index (χ1) is 12.0. The molecule has 3 rings (SSSR count). The van der Waals surface area contributed by atoms with E-state index in [-0.39, 0.29) is 36.3 Å². The van der Waals surface area contributed by atoms with E-state index in [2.05, 4.69) is 10.5 Å². The molecule has 2 N–H and O–H groups in total. The number of phenolic OH excluding ortho intramolecular Hbond substituents is 1. The van der Waals surface area contributed by atoms with Crippen molar-refractivity contribution < 1.29 is 19.1 Å². The SMILES string of the molecule is O=C(N/N=C/c1ccccc1O)C1CC(=O)N(c2ccc(F)cc2)C1. The smallest absolute Gasteiger partial charge is 0.245 e. The fourth-order valence-electron chi connectivity index (χ4n) is 2.61. The first-order valence-electron chi connectivity index (χ1n) is 7.71. The third kappa shape index (κ3) is 3.82. The number of carbonyl (C=O) groups is 2. The Balaban J connectivity index is 1.61. The number of nitrogens with one attached hydrogen (secondary N) is 1. The summed E-state index contributed by atoms with van der Waals surface area (Å²) < 4.78 is 13.0.